The van der Waals surface area contributed by atoms with Gasteiger partial charge in [-0.2, -0.15) is 0 Å². The minimum atomic E-state index is -1.29. The van der Waals surface area contributed by atoms with Crippen LogP contribution in [-0.4, -0.2) is 80.3 Å². The molecule has 19 heavy (non-hydrogen) atoms. The SMILES string of the molecule is COC(=O)C[C@H](NC(=O)N(C)CCN(C)C)C(=O)O. The zero-order chi connectivity index (χ0) is 15.0. The molecule has 8 heteroatoms. The molecule has 0 aliphatic carbocycles. The van der Waals surface area contributed by atoms with Crippen LogP contribution in [0.5, 0.6) is 0 Å². The van der Waals surface area contributed by atoms with E-state index in [1.807, 2.05) is 19.0 Å². The lowest BCUT2D eigenvalue weighted by atomic mass is 10.2. The maximum atomic E-state index is 11.7. The van der Waals surface area contributed by atoms with Crippen LogP contribution in [0.1, 0.15) is 6.42 Å². The molecule has 0 aromatic rings. The lowest BCUT2D eigenvalue weighted by Gasteiger charge is -2.22. The van der Waals surface area contributed by atoms with Gasteiger partial charge in [0.05, 0.1) is 13.5 Å². The second-order valence-electron chi connectivity index (χ2n) is 4.35. The minimum Gasteiger partial charge on any atom is -0.480 e. The molecule has 0 aromatic carbocycles. The van der Waals surface area contributed by atoms with Crippen LogP contribution in [0, 0.1) is 0 Å². The number of aliphatic carboxylic acids is 1. The van der Waals surface area contributed by atoms with Gasteiger partial charge in [0.1, 0.15) is 6.04 Å². The lowest BCUT2D eigenvalue weighted by Crippen LogP contribution is -2.48. The number of rotatable bonds is 7. The summed E-state index contributed by atoms with van der Waals surface area (Å²) in [6, 6.07) is -1.83. The van der Waals surface area contributed by atoms with E-state index in [4.69, 9.17) is 5.11 Å². The summed E-state index contributed by atoms with van der Waals surface area (Å²) in [5, 5.41) is 11.2. The van der Waals surface area contributed by atoms with Gasteiger partial charge in [0, 0.05) is 20.1 Å². The number of hydrogen-bond acceptors (Lipinski definition) is 5. The average molecular weight is 275 g/mol. The van der Waals surface area contributed by atoms with Crippen molar-refractivity contribution in [3.8, 4) is 0 Å². The molecular weight excluding hydrogens is 254 g/mol. The number of carboxylic acid groups (broad SMARTS) is 1. The van der Waals surface area contributed by atoms with Crippen molar-refractivity contribution in [3.63, 3.8) is 0 Å². The summed E-state index contributed by atoms with van der Waals surface area (Å²) in [6.45, 7) is 1.10. The fourth-order valence-electron chi connectivity index (χ4n) is 1.16. The molecule has 0 radical (unpaired) electrons. The van der Waals surface area contributed by atoms with Crippen molar-refractivity contribution in [2.24, 2.45) is 0 Å². The topological polar surface area (TPSA) is 99.2 Å². The summed E-state index contributed by atoms with van der Waals surface area (Å²) < 4.78 is 4.38. The third-order valence-electron chi connectivity index (χ3n) is 2.42. The molecule has 0 heterocycles. The van der Waals surface area contributed by atoms with Crippen molar-refractivity contribution in [2.75, 3.05) is 41.3 Å². The summed E-state index contributed by atoms with van der Waals surface area (Å²) in [4.78, 5) is 36.9. The van der Waals surface area contributed by atoms with Crippen LogP contribution in [0.4, 0.5) is 4.79 Å². The van der Waals surface area contributed by atoms with Crippen LogP contribution >= 0.6 is 0 Å². The van der Waals surface area contributed by atoms with E-state index in [1.54, 1.807) is 7.05 Å². The fourth-order valence-corrected chi connectivity index (χ4v) is 1.16. The van der Waals surface area contributed by atoms with Crippen molar-refractivity contribution < 1.29 is 24.2 Å². The van der Waals surface area contributed by atoms with E-state index in [1.165, 1.54) is 4.90 Å². The average Bonchev–Trinajstić information content (AvgIpc) is 2.34. The molecule has 0 bridgehead atoms. The van der Waals surface area contributed by atoms with Gasteiger partial charge >= 0.3 is 18.0 Å². The number of methoxy groups -OCH3 is 1. The van der Waals surface area contributed by atoms with Crippen LogP contribution in [0.2, 0.25) is 0 Å². The molecular formula is C11H21N3O5. The number of carbonyl (C=O) groups is 3. The third kappa shape index (κ3) is 7.24. The van der Waals surface area contributed by atoms with E-state index in [0.717, 1.165) is 7.11 Å². The quantitative estimate of drug-likeness (QED) is 0.590. The van der Waals surface area contributed by atoms with Gasteiger partial charge in [0.25, 0.3) is 0 Å². The van der Waals surface area contributed by atoms with Gasteiger partial charge in [0.15, 0.2) is 0 Å². The summed E-state index contributed by atoms with van der Waals surface area (Å²) in [5.41, 5.74) is 0. The maximum Gasteiger partial charge on any atom is 0.326 e. The molecule has 2 amide bonds. The number of esters is 1. The third-order valence-corrected chi connectivity index (χ3v) is 2.42. The molecule has 0 rings (SSSR count). The summed E-state index contributed by atoms with van der Waals surface area (Å²) in [7, 11) is 6.44. The normalized spacial score (nSPS) is 11.8. The first-order valence-electron chi connectivity index (χ1n) is 5.74. The van der Waals surface area contributed by atoms with Gasteiger partial charge in [-0.3, -0.25) is 4.79 Å². The van der Waals surface area contributed by atoms with Gasteiger partial charge < -0.3 is 25.0 Å². The standard InChI is InChI=1S/C11H21N3O5/c1-13(2)5-6-14(3)11(18)12-8(10(16)17)7-9(15)19-4/h8H,5-7H2,1-4H3,(H,12,18)(H,16,17)/t8-/m0/s1. The molecule has 0 unspecified atom stereocenters. The Morgan fingerprint density at radius 3 is 2.21 bits per heavy atom. The number of carbonyl (C=O) groups excluding carboxylic acids is 2. The van der Waals surface area contributed by atoms with E-state index in [0.29, 0.717) is 13.1 Å². The first-order chi connectivity index (χ1) is 8.77. The number of amides is 2. The number of nitrogens with zero attached hydrogens (tertiary/aromatic N) is 2. The highest BCUT2D eigenvalue weighted by Gasteiger charge is 2.24. The van der Waals surface area contributed by atoms with E-state index >= 15 is 0 Å². The number of ether oxygens (including phenoxy) is 1. The van der Waals surface area contributed by atoms with Gasteiger partial charge in [-0.05, 0) is 14.1 Å². The predicted octanol–water partition coefficient (Wildman–Crippen LogP) is -0.794. The number of urea groups is 1. The second-order valence-corrected chi connectivity index (χ2v) is 4.35. The molecule has 110 valence electrons. The Morgan fingerprint density at radius 1 is 1.21 bits per heavy atom. The second kappa shape index (κ2) is 8.30. The van der Waals surface area contributed by atoms with Crippen molar-refractivity contribution in [1.82, 2.24) is 15.1 Å². The molecule has 1 atom stereocenters. The lowest BCUT2D eigenvalue weighted by molar-refractivity contribution is -0.147. The highest BCUT2D eigenvalue weighted by atomic mass is 16.5. The number of likely N-dealkylation sites (N-methyl/N-ethyl adjacent to an activating group) is 2. The molecule has 8 nitrogen and oxygen atoms in total. The zero-order valence-corrected chi connectivity index (χ0v) is 11.7. The Morgan fingerprint density at radius 2 is 1.79 bits per heavy atom. The van der Waals surface area contributed by atoms with Crippen molar-refractivity contribution in [3.05, 3.63) is 0 Å². The van der Waals surface area contributed by atoms with Crippen LogP contribution < -0.4 is 5.32 Å². The van der Waals surface area contributed by atoms with Crippen LogP contribution in [0.25, 0.3) is 0 Å². The highest BCUT2D eigenvalue weighted by molar-refractivity contribution is 5.86. The first-order valence-corrected chi connectivity index (χ1v) is 5.74. The zero-order valence-electron chi connectivity index (χ0n) is 11.7. The number of nitrogens with one attached hydrogen (secondary N) is 1. The Labute approximate surface area is 112 Å². The van der Waals surface area contributed by atoms with E-state index in [9.17, 15) is 14.4 Å². The Bertz CT molecular complexity index is 332. The van der Waals surface area contributed by atoms with E-state index in [2.05, 4.69) is 10.1 Å². The van der Waals surface area contributed by atoms with Crippen LogP contribution in [0.3, 0.4) is 0 Å². The molecule has 0 spiro atoms. The van der Waals surface area contributed by atoms with Gasteiger partial charge in [-0.15, -0.1) is 0 Å². The minimum absolute atomic E-state index is 0.404. The molecule has 0 saturated carbocycles. The fraction of sp³-hybridized carbons (Fsp3) is 0.727. The highest BCUT2D eigenvalue weighted by Crippen LogP contribution is 1.97. The summed E-state index contributed by atoms with van der Waals surface area (Å²) in [5.74, 6) is -1.97. The van der Waals surface area contributed by atoms with Crippen LogP contribution in [-0.2, 0) is 14.3 Å². The van der Waals surface area contributed by atoms with Gasteiger partial charge in [-0.1, -0.05) is 0 Å². The summed E-state index contributed by atoms with van der Waals surface area (Å²) in [6.07, 6.45) is -0.404. The Kier molecular flexibility index (Phi) is 7.50. The van der Waals surface area contributed by atoms with Gasteiger partial charge in [-0.25, -0.2) is 9.59 Å². The Balaban J connectivity index is 4.38. The first kappa shape index (κ1) is 17.2. The van der Waals surface area contributed by atoms with Crippen molar-refractivity contribution in [2.45, 2.75) is 12.5 Å². The largest absolute Gasteiger partial charge is 0.480 e. The molecule has 2 N–H and O–H groups in total. The molecule has 0 fully saturated rings. The van der Waals surface area contributed by atoms with Crippen molar-refractivity contribution >= 4 is 18.0 Å². The van der Waals surface area contributed by atoms with Gasteiger partial charge in [0.2, 0.25) is 0 Å². The van der Waals surface area contributed by atoms with E-state index < -0.39 is 30.4 Å². The van der Waals surface area contributed by atoms with E-state index in [-0.39, 0.29) is 0 Å². The Hall–Kier alpha value is -1.83. The van der Waals surface area contributed by atoms with Crippen molar-refractivity contribution in [1.29, 1.82) is 0 Å². The smallest absolute Gasteiger partial charge is 0.326 e. The number of carboxylic acids is 1. The van der Waals surface area contributed by atoms with Crippen LogP contribution in [0.15, 0.2) is 0 Å². The molecule has 0 aromatic heterocycles. The molecule has 0 saturated heterocycles. The predicted molar refractivity (Wildman–Crippen MR) is 67.8 cm³/mol. The molecule has 0 aliphatic heterocycles. The maximum absolute atomic E-state index is 11.7. The summed E-state index contributed by atoms with van der Waals surface area (Å²) >= 11 is 0. The number of hydrogen-bond donors (Lipinski definition) is 2. The monoisotopic (exact) mass is 275 g/mol. The molecule has 0 aliphatic rings.